The van der Waals surface area contributed by atoms with Gasteiger partial charge in [-0.15, -0.1) is 0 Å². The van der Waals surface area contributed by atoms with E-state index in [9.17, 15) is 8.42 Å². The molecule has 3 N–H and O–H groups in total. The minimum atomic E-state index is -3.50. The molecule has 3 rings (SSSR count). The Labute approximate surface area is 164 Å². The van der Waals surface area contributed by atoms with Gasteiger partial charge >= 0.3 is 0 Å². The molecule has 0 saturated heterocycles. The molecular weight excluding hydrogens is 376 g/mol. The first-order valence-electron chi connectivity index (χ1n) is 8.69. The normalized spacial score (nSPS) is 11.2. The zero-order chi connectivity index (χ0) is 20.1. The maximum Gasteiger partial charge on any atom is 0.227 e. The molecule has 0 saturated carbocycles. The lowest BCUT2D eigenvalue weighted by molar-refractivity contribution is 0.416. The van der Waals surface area contributed by atoms with E-state index in [2.05, 4.69) is 15.3 Å². The van der Waals surface area contributed by atoms with Gasteiger partial charge in [0.25, 0.3) is 0 Å². The Bertz CT molecular complexity index is 1080. The molecular formula is C20H22N4O3S. The van der Waals surface area contributed by atoms with E-state index in [4.69, 9.17) is 9.88 Å². The molecule has 0 aliphatic rings. The lowest BCUT2D eigenvalue weighted by atomic mass is 10.1. The number of nitrogens with one attached hydrogen (secondary N) is 1. The summed E-state index contributed by atoms with van der Waals surface area (Å²) < 4.78 is 27.8. The highest BCUT2D eigenvalue weighted by Crippen LogP contribution is 2.31. The number of nitrogens with two attached hydrogens (primary N) is 1. The number of benzene rings is 2. The Hall–Kier alpha value is -2.97. The van der Waals surface area contributed by atoms with Crippen molar-refractivity contribution in [3.8, 4) is 17.0 Å². The molecule has 0 radical (unpaired) electrons. The van der Waals surface area contributed by atoms with Gasteiger partial charge in [0.2, 0.25) is 16.0 Å². The number of rotatable bonds is 7. The molecule has 28 heavy (non-hydrogen) atoms. The van der Waals surface area contributed by atoms with Crippen molar-refractivity contribution in [3.63, 3.8) is 0 Å². The number of sulfonamides is 1. The van der Waals surface area contributed by atoms with Gasteiger partial charge < -0.3 is 10.1 Å². The third kappa shape index (κ3) is 5.05. The van der Waals surface area contributed by atoms with Crippen LogP contribution in [0.1, 0.15) is 11.1 Å². The molecule has 146 valence electrons. The van der Waals surface area contributed by atoms with Crippen molar-refractivity contribution in [1.29, 1.82) is 0 Å². The predicted octanol–water partition coefficient (Wildman–Crippen LogP) is 3.04. The van der Waals surface area contributed by atoms with Crippen LogP contribution in [-0.4, -0.2) is 31.2 Å². The number of aryl methyl sites for hydroxylation is 2. The van der Waals surface area contributed by atoms with Gasteiger partial charge in [0.1, 0.15) is 5.75 Å². The van der Waals surface area contributed by atoms with E-state index in [-0.39, 0.29) is 5.75 Å². The number of para-hydroxylation sites is 1. The minimum absolute atomic E-state index is 0.102. The van der Waals surface area contributed by atoms with Crippen LogP contribution in [0.25, 0.3) is 11.3 Å². The van der Waals surface area contributed by atoms with E-state index < -0.39 is 10.0 Å². The van der Waals surface area contributed by atoms with E-state index in [0.29, 0.717) is 12.4 Å². The summed E-state index contributed by atoms with van der Waals surface area (Å²) in [6.45, 7) is 1.94. The quantitative estimate of drug-likeness (QED) is 0.633. The number of methoxy groups -OCH3 is 1. The fraction of sp³-hybridized carbons (Fsp3) is 0.200. The molecule has 0 amide bonds. The highest BCUT2D eigenvalue weighted by molar-refractivity contribution is 7.89. The first-order chi connectivity index (χ1) is 13.4. The average Bonchev–Trinajstić information content (AvgIpc) is 2.68. The van der Waals surface area contributed by atoms with Gasteiger partial charge in [-0.2, -0.15) is 0 Å². The number of ether oxygens (including phenoxy) is 1. The molecule has 1 aromatic heterocycles. The Morgan fingerprint density at radius 1 is 1.14 bits per heavy atom. The predicted molar refractivity (Wildman–Crippen MR) is 110 cm³/mol. The summed E-state index contributed by atoms with van der Waals surface area (Å²) in [5.41, 5.74) is 4.21. The average molecular weight is 398 g/mol. The largest absolute Gasteiger partial charge is 0.496 e. The van der Waals surface area contributed by atoms with E-state index >= 15 is 0 Å². The number of primary sulfonamides is 1. The van der Waals surface area contributed by atoms with Gasteiger partial charge in [0.15, 0.2) is 0 Å². The van der Waals surface area contributed by atoms with Crippen molar-refractivity contribution < 1.29 is 13.2 Å². The maximum absolute atomic E-state index is 11.2. The molecule has 0 aliphatic carbocycles. The lowest BCUT2D eigenvalue weighted by Gasteiger charge is -2.12. The molecule has 2 aromatic carbocycles. The lowest BCUT2D eigenvalue weighted by Crippen LogP contribution is -2.17. The Balaban J connectivity index is 1.86. The standard InChI is InChI=1S/C20H22N4O3S/c1-14-13-22-20(24-19(14)17-8-3-4-9-18(17)27-2)23-16-7-5-6-15(12-16)10-11-28(21,25)26/h3-9,12-13H,10-11H2,1-2H3,(H2,21,25,26)(H,22,23,24). The zero-order valence-corrected chi connectivity index (χ0v) is 16.5. The van der Waals surface area contributed by atoms with Gasteiger partial charge in [-0.25, -0.2) is 23.5 Å². The summed E-state index contributed by atoms with van der Waals surface area (Å²) in [4.78, 5) is 8.99. The highest BCUT2D eigenvalue weighted by atomic mass is 32.2. The molecule has 8 heteroatoms. The van der Waals surface area contributed by atoms with Crippen molar-refractivity contribution in [2.75, 3.05) is 18.2 Å². The number of hydrogen-bond acceptors (Lipinski definition) is 6. The Morgan fingerprint density at radius 3 is 2.68 bits per heavy atom. The minimum Gasteiger partial charge on any atom is -0.496 e. The summed E-state index contributed by atoms with van der Waals surface area (Å²) in [6.07, 6.45) is 2.09. The maximum atomic E-state index is 11.2. The van der Waals surface area contributed by atoms with Gasteiger partial charge in [-0.1, -0.05) is 24.3 Å². The Morgan fingerprint density at radius 2 is 1.93 bits per heavy atom. The van der Waals surface area contributed by atoms with Crippen molar-refractivity contribution in [2.45, 2.75) is 13.3 Å². The van der Waals surface area contributed by atoms with Crippen molar-refractivity contribution in [3.05, 3.63) is 65.9 Å². The zero-order valence-electron chi connectivity index (χ0n) is 15.7. The molecule has 3 aromatic rings. The second kappa shape index (κ2) is 8.37. The summed E-state index contributed by atoms with van der Waals surface area (Å²) in [7, 11) is -1.87. The fourth-order valence-electron chi connectivity index (χ4n) is 2.81. The molecule has 7 nitrogen and oxygen atoms in total. The summed E-state index contributed by atoms with van der Waals surface area (Å²) in [5.74, 6) is 1.07. The van der Waals surface area contributed by atoms with Crippen molar-refractivity contribution in [2.24, 2.45) is 5.14 Å². The molecule has 1 heterocycles. The van der Waals surface area contributed by atoms with E-state index in [1.807, 2.05) is 55.5 Å². The third-order valence-electron chi connectivity index (χ3n) is 4.19. The number of nitrogens with zero attached hydrogens (tertiary/aromatic N) is 2. The summed E-state index contributed by atoms with van der Waals surface area (Å²) in [5, 5.41) is 8.25. The second-order valence-electron chi connectivity index (χ2n) is 6.37. The SMILES string of the molecule is COc1ccccc1-c1nc(Nc2cccc(CCS(N)(=O)=O)c2)ncc1C. The van der Waals surface area contributed by atoms with Crippen LogP contribution in [0.4, 0.5) is 11.6 Å². The van der Waals surface area contributed by atoms with Crippen LogP contribution in [0.3, 0.4) is 0 Å². The van der Waals surface area contributed by atoms with Gasteiger partial charge in [-0.05, 0) is 48.7 Å². The molecule has 0 aliphatic heterocycles. The molecule has 0 fully saturated rings. The topological polar surface area (TPSA) is 107 Å². The van der Waals surface area contributed by atoms with Gasteiger partial charge in [-0.3, -0.25) is 0 Å². The van der Waals surface area contributed by atoms with Crippen LogP contribution in [0.5, 0.6) is 5.75 Å². The third-order valence-corrected chi connectivity index (χ3v) is 4.97. The van der Waals surface area contributed by atoms with E-state index in [1.54, 1.807) is 13.3 Å². The van der Waals surface area contributed by atoms with Crippen LogP contribution < -0.4 is 15.2 Å². The van der Waals surface area contributed by atoms with E-state index in [0.717, 1.165) is 33.8 Å². The summed E-state index contributed by atoms with van der Waals surface area (Å²) >= 11 is 0. The van der Waals surface area contributed by atoms with Crippen molar-refractivity contribution >= 4 is 21.7 Å². The molecule has 0 atom stereocenters. The summed E-state index contributed by atoms with van der Waals surface area (Å²) in [6, 6.07) is 15.1. The second-order valence-corrected chi connectivity index (χ2v) is 8.10. The van der Waals surface area contributed by atoms with Crippen LogP contribution in [0.15, 0.2) is 54.7 Å². The van der Waals surface area contributed by atoms with Crippen LogP contribution in [-0.2, 0) is 16.4 Å². The number of aromatic nitrogens is 2. The molecule has 0 unspecified atom stereocenters. The number of hydrogen-bond donors (Lipinski definition) is 2. The number of anilines is 2. The van der Waals surface area contributed by atoms with E-state index in [1.165, 1.54) is 0 Å². The first-order valence-corrected chi connectivity index (χ1v) is 10.4. The van der Waals surface area contributed by atoms with Gasteiger partial charge in [0, 0.05) is 17.4 Å². The monoisotopic (exact) mass is 398 g/mol. The van der Waals surface area contributed by atoms with Crippen LogP contribution in [0, 0.1) is 6.92 Å². The fourth-order valence-corrected chi connectivity index (χ4v) is 3.33. The highest BCUT2D eigenvalue weighted by Gasteiger charge is 2.12. The molecule has 0 bridgehead atoms. The Kier molecular flexibility index (Phi) is 5.91. The van der Waals surface area contributed by atoms with Crippen molar-refractivity contribution in [1.82, 2.24) is 9.97 Å². The van der Waals surface area contributed by atoms with Gasteiger partial charge in [0.05, 0.1) is 18.6 Å². The van der Waals surface area contributed by atoms with Crippen LogP contribution in [0.2, 0.25) is 0 Å². The first kappa shape index (κ1) is 19.8. The van der Waals surface area contributed by atoms with Crippen LogP contribution >= 0.6 is 0 Å². The molecule has 0 spiro atoms. The smallest absolute Gasteiger partial charge is 0.227 e.